The summed E-state index contributed by atoms with van der Waals surface area (Å²) in [5.41, 5.74) is 1.52. The first-order chi connectivity index (χ1) is 17.3. The molecule has 2 aromatic rings. The second-order valence-electron chi connectivity index (χ2n) is 10.1. The molecule has 3 aliphatic rings. The number of fused-ring (bicyclic) bond motifs is 3. The monoisotopic (exact) mass is 540 g/mol. The number of rotatable bonds is 6. The van der Waals surface area contributed by atoms with Crippen molar-refractivity contribution in [3.8, 4) is 5.75 Å². The number of amides is 2. The molecule has 9 nitrogen and oxygen atoms in total. The van der Waals surface area contributed by atoms with Crippen LogP contribution >= 0.6 is 0 Å². The largest absolute Gasteiger partial charge is 0.484 e. The molecule has 13 heteroatoms. The second kappa shape index (κ2) is 9.03. The van der Waals surface area contributed by atoms with Crippen LogP contribution in [-0.2, 0) is 33.0 Å². The van der Waals surface area contributed by atoms with Gasteiger partial charge < -0.3 is 15.4 Å². The Kier molecular flexibility index (Phi) is 6.24. The minimum atomic E-state index is -4.44. The number of alkyl halides is 3. The van der Waals surface area contributed by atoms with Gasteiger partial charge in [0.05, 0.1) is 17.3 Å². The number of halogens is 3. The van der Waals surface area contributed by atoms with Crippen molar-refractivity contribution in [2.45, 2.75) is 62.7 Å². The molecule has 37 heavy (non-hydrogen) atoms. The van der Waals surface area contributed by atoms with Crippen LogP contribution in [0.2, 0.25) is 0 Å². The zero-order valence-electron chi connectivity index (χ0n) is 20.2. The summed E-state index contributed by atoms with van der Waals surface area (Å²) in [4.78, 5) is 26.0. The minimum absolute atomic E-state index is 0.0212. The van der Waals surface area contributed by atoms with E-state index >= 15 is 0 Å². The van der Waals surface area contributed by atoms with Crippen LogP contribution < -0.4 is 15.4 Å². The second-order valence-corrected chi connectivity index (χ2v) is 12.2. The third-order valence-electron chi connectivity index (χ3n) is 7.17. The molecule has 200 valence electrons. The van der Waals surface area contributed by atoms with Gasteiger partial charge in [-0.15, -0.1) is 0 Å². The molecule has 2 N–H and O–H groups in total. The van der Waals surface area contributed by atoms with Crippen molar-refractivity contribution < 1.29 is 35.9 Å². The van der Waals surface area contributed by atoms with Gasteiger partial charge >= 0.3 is 6.18 Å². The highest BCUT2D eigenvalue weighted by Crippen LogP contribution is 2.45. The minimum Gasteiger partial charge on any atom is -0.484 e. The molecule has 2 aliphatic carbocycles. The molecule has 1 fully saturated rings. The molecule has 0 saturated heterocycles. The number of ether oxygens (including phenoxy) is 1. The van der Waals surface area contributed by atoms with Gasteiger partial charge in [-0.3, -0.25) is 9.59 Å². The van der Waals surface area contributed by atoms with Crippen LogP contribution in [0.15, 0.2) is 18.2 Å². The molecule has 0 bridgehead atoms. The van der Waals surface area contributed by atoms with Gasteiger partial charge in [-0.25, -0.2) is 13.1 Å². The van der Waals surface area contributed by atoms with Crippen molar-refractivity contribution in [1.82, 2.24) is 15.1 Å². The third-order valence-corrected chi connectivity index (χ3v) is 7.96. The molecule has 2 heterocycles. The van der Waals surface area contributed by atoms with E-state index in [1.54, 1.807) is 16.8 Å². The van der Waals surface area contributed by atoms with E-state index in [1.165, 1.54) is 6.07 Å². The maximum Gasteiger partial charge on any atom is 0.422 e. The predicted molar refractivity (Wildman–Crippen MR) is 127 cm³/mol. The van der Waals surface area contributed by atoms with Gasteiger partial charge in [0.1, 0.15) is 22.9 Å². The average Bonchev–Trinajstić information content (AvgIpc) is 3.50. The number of anilines is 1. The van der Waals surface area contributed by atoms with Crippen molar-refractivity contribution in [3.63, 3.8) is 0 Å². The Morgan fingerprint density at radius 2 is 2.03 bits per heavy atom. The zero-order valence-corrected chi connectivity index (χ0v) is 21.0. The average molecular weight is 541 g/mol. The molecule has 5 rings (SSSR count). The Morgan fingerprint density at radius 3 is 2.70 bits per heavy atom. The Labute approximate surface area is 211 Å². The molecule has 1 saturated carbocycles. The van der Waals surface area contributed by atoms with Crippen LogP contribution in [0.4, 0.5) is 19.0 Å². The molecule has 2 amide bonds. The first kappa shape index (κ1) is 25.6. The lowest BCUT2D eigenvalue weighted by Gasteiger charge is -2.35. The number of benzene rings is 1. The quantitative estimate of drug-likeness (QED) is 0.582. The van der Waals surface area contributed by atoms with Gasteiger partial charge in [0, 0.05) is 12.7 Å². The van der Waals surface area contributed by atoms with E-state index < -0.39 is 45.7 Å². The lowest BCUT2D eigenvalue weighted by Crippen LogP contribution is -2.49. The van der Waals surface area contributed by atoms with Gasteiger partial charge in [0.2, 0.25) is 5.91 Å². The molecule has 1 aromatic carbocycles. The molecule has 1 aliphatic heterocycles. The maximum absolute atomic E-state index is 13.5. The van der Waals surface area contributed by atoms with Crippen LogP contribution in [-0.4, -0.2) is 54.8 Å². The van der Waals surface area contributed by atoms with E-state index in [4.69, 9.17) is 9.84 Å². The van der Waals surface area contributed by atoms with Crippen molar-refractivity contribution in [2.75, 3.05) is 23.9 Å². The topological polar surface area (TPSA) is 119 Å². The number of carbonyl (C=O) groups is 2. The lowest BCUT2D eigenvalue weighted by molar-refractivity contribution is -0.153. The van der Waals surface area contributed by atoms with Gasteiger partial charge in [-0.05, 0) is 48.9 Å². The zero-order chi connectivity index (χ0) is 26.6. The Morgan fingerprint density at radius 1 is 1.30 bits per heavy atom. The fraction of sp³-hybridized carbons (Fsp3) is 0.542. The van der Waals surface area contributed by atoms with E-state index in [0.717, 1.165) is 43.1 Å². The van der Waals surface area contributed by atoms with Gasteiger partial charge in [-0.1, -0.05) is 18.9 Å². The van der Waals surface area contributed by atoms with E-state index in [1.807, 2.05) is 0 Å². The number of hydrogen-bond donors (Lipinski definition) is 2. The number of hydrogen-bond acceptors (Lipinski definition) is 6. The first-order valence-corrected chi connectivity index (χ1v) is 14.1. The summed E-state index contributed by atoms with van der Waals surface area (Å²) < 4.78 is 67.5. The normalized spacial score (nSPS) is 21.6. The van der Waals surface area contributed by atoms with Gasteiger partial charge in [-0.2, -0.15) is 18.3 Å². The molecule has 0 radical (unpaired) electrons. The van der Waals surface area contributed by atoms with Crippen LogP contribution in [0.5, 0.6) is 5.75 Å². The standard InChI is InChI=1S/C24H27F3N4O5S/c1-37(34,35)12-19(32)28-21-20-18(30-31(21)15-4-2-3-5-15)11-23(29-22(20)33)9-8-14-10-16(6-7-17(14)23)36-13-24(25,26)27/h6-7,10,15H,2-5,8-9,11-13H2,1H3,(H,28,32)(H,29,33)/t23-/m0/s1. The van der Waals surface area contributed by atoms with Crippen LogP contribution in [0.3, 0.4) is 0 Å². The summed E-state index contributed by atoms with van der Waals surface area (Å²) in [6.45, 7) is -1.39. The maximum atomic E-state index is 13.5. The summed E-state index contributed by atoms with van der Waals surface area (Å²) in [7, 11) is -3.58. The summed E-state index contributed by atoms with van der Waals surface area (Å²) in [5.74, 6) is -1.58. The highest BCUT2D eigenvalue weighted by atomic mass is 32.2. The van der Waals surface area contributed by atoms with Crippen molar-refractivity contribution in [1.29, 1.82) is 0 Å². The molecular weight excluding hydrogens is 513 g/mol. The summed E-state index contributed by atoms with van der Waals surface area (Å²) in [5, 5.41) is 10.4. The number of nitrogens with one attached hydrogen (secondary N) is 2. The van der Waals surface area contributed by atoms with Crippen LogP contribution in [0, 0.1) is 0 Å². The third kappa shape index (κ3) is 5.18. The summed E-state index contributed by atoms with van der Waals surface area (Å²) in [6, 6.07) is 4.70. The van der Waals surface area contributed by atoms with E-state index in [0.29, 0.717) is 25.0 Å². The Hall–Kier alpha value is -3.09. The molecule has 1 spiro atoms. The van der Waals surface area contributed by atoms with Crippen molar-refractivity contribution in [3.05, 3.63) is 40.6 Å². The number of sulfone groups is 1. The summed E-state index contributed by atoms with van der Waals surface area (Å²) in [6.07, 6.45) is 1.53. The van der Waals surface area contributed by atoms with Crippen LogP contribution in [0.25, 0.3) is 0 Å². The molecule has 1 atom stereocenters. The Balaban J connectivity index is 1.47. The first-order valence-electron chi connectivity index (χ1n) is 12.1. The molecule has 1 aromatic heterocycles. The highest BCUT2D eigenvalue weighted by molar-refractivity contribution is 7.91. The highest BCUT2D eigenvalue weighted by Gasteiger charge is 2.47. The SMILES string of the molecule is CS(=O)(=O)CC(=O)Nc1c2c(nn1C1CCCC1)C[C@]1(CCc3cc(OCC(F)(F)F)ccc31)NC2=O. The fourth-order valence-electron chi connectivity index (χ4n) is 5.69. The number of aromatic nitrogens is 2. The number of carbonyl (C=O) groups excluding carboxylic acids is 2. The van der Waals surface area contributed by atoms with E-state index in [9.17, 15) is 31.2 Å². The van der Waals surface area contributed by atoms with Gasteiger partial charge in [0.15, 0.2) is 16.4 Å². The van der Waals surface area contributed by atoms with Crippen molar-refractivity contribution >= 4 is 27.5 Å². The van der Waals surface area contributed by atoms with Crippen LogP contribution in [0.1, 0.15) is 65.3 Å². The number of nitrogens with zero attached hydrogens (tertiary/aromatic N) is 2. The number of aryl methyl sites for hydroxylation is 1. The van der Waals surface area contributed by atoms with E-state index in [-0.39, 0.29) is 23.2 Å². The molecular formula is C24H27F3N4O5S. The smallest absolute Gasteiger partial charge is 0.422 e. The van der Waals surface area contributed by atoms with E-state index in [2.05, 4.69) is 10.6 Å². The van der Waals surface area contributed by atoms with Gasteiger partial charge in [0.25, 0.3) is 5.91 Å². The predicted octanol–water partition coefficient (Wildman–Crippen LogP) is 3.05. The lowest BCUT2D eigenvalue weighted by atomic mass is 9.82. The Bertz CT molecular complexity index is 1370. The summed E-state index contributed by atoms with van der Waals surface area (Å²) >= 11 is 0. The fourth-order valence-corrected chi connectivity index (χ4v) is 6.24. The molecule has 0 unspecified atom stereocenters. The van der Waals surface area contributed by atoms with Crippen molar-refractivity contribution in [2.24, 2.45) is 0 Å².